The maximum atomic E-state index is 12.0. The van der Waals surface area contributed by atoms with E-state index in [1.54, 1.807) is 37.6 Å². The second-order valence-corrected chi connectivity index (χ2v) is 7.47. The molecule has 6 nitrogen and oxygen atoms in total. The predicted molar refractivity (Wildman–Crippen MR) is 91.7 cm³/mol. The van der Waals surface area contributed by atoms with Gasteiger partial charge in [-0.1, -0.05) is 0 Å². The molecule has 2 aromatic rings. The number of nitrogens with zero attached hydrogens (tertiary/aromatic N) is 1. The first kappa shape index (κ1) is 17.3. The van der Waals surface area contributed by atoms with Gasteiger partial charge in [0.1, 0.15) is 0 Å². The third-order valence-corrected chi connectivity index (χ3v) is 4.96. The topological polar surface area (TPSA) is 88.2 Å². The molecule has 1 aromatic heterocycles. The molecule has 122 valence electrons. The fraction of sp³-hybridized carbons (Fsp3) is 0.200. The Hall–Kier alpha value is -2.03. The number of rotatable bonds is 6. The summed E-state index contributed by atoms with van der Waals surface area (Å²) in [5.41, 5.74) is 2.91. The molecule has 1 aromatic carbocycles. The van der Waals surface area contributed by atoms with Gasteiger partial charge in [0, 0.05) is 23.2 Å². The van der Waals surface area contributed by atoms with Crippen molar-refractivity contribution in [1.82, 2.24) is 9.71 Å². The first-order valence-electron chi connectivity index (χ1n) is 6.86. The SMILES string of the molecule is CC(C)NS(=O)(=O)c1ccc(NC(=O)/C=C/c2cscn2)cc1. The highest BCUT2D eigenvalue weighted by molar-refractivity contribution is 7.89. The number of thiazole rings is 1. The van der Waals surface area contributed by atoms with E-state index in [-0.39, 0.29) is 16.8 Å². The monoisotopic (exact) mass is 351 g/mol. The normalized spacial score (nSPS) is 12.0. The molecule has 2 rings (SSSR count). The van der Waals surface area contributed by atoms with Crippen molar-refractivity contribution in [3.05, 3.63) is 46.9 Å². The Kier molecular flexibility index (Phi) is 5.64. The molecule has 2 N–H and O–H groups in total. The Bertz CT molecular complexity index is 780. The van der Waals surface area contributed by atoms with Crippen molar-refractivity contribution in [1.29, 1.82) is 0 Å². The number of amides is 1. The minimum Gasteiger partial charge on any atom is -0.323 e. The van der Waals surface area contributed by atoms with Crippen LogP contribution >= 0.6 is 11.3 Å². The molecule has 0 spiro atoms. The molecule has 0 aliphatic carbocycles. The van der Waals surface area contributed by atoms with Gasteiger partial charge in [0.05, 0.1) is 16.1 Å². The van der Waals surface area contributed by atoms with Gasteiger partial charge >= 0.3 is 0 Å². The summed E-state index contributed by atoms with van der Waals surface area (Å²) in [5.74, 6) is -0.311. The van der Waals surface area contributed by atoms with Gasteiger partial charge in [0.15, 0.2) is 0 Å². The molecule has 0 radical (unpaired) electrons. The smallest absolute Gasteiger partial charge is 0.248 e. The van der Waals surface area contributed by atoms with Gasteiger partial charge in [0.25, 0.3) is 0 Å². The molecular weight excluding hydrogens is 334 g/mol. The van der Waals surface area contributed by atoms with Crippen LogP contribution < -0.4 is 10.0 Å². The van der Waals surface area contributed by atoms with Gasteiger partial charge < -0.3 is 5.32 Å². The second-order valence-electron chi connectivity index (χ2n) is 5.04. The molecule has 0 unspecified atom stereocenters. The van der Waals surface area contributed by atoms with Crippen LogP contribution in [-0.4, -0.2) is 25.4 Å². The summed E-state index contributed by atoms with van der Waals surface area (Å²) in [6.07, 6.45) is 2.98. The lowest BCUT2D eigenvalue weighted by Gasteiger charge is -2.10. The molecule has 0 fully saturated rings. The van der Waals surface area contributed by atoms with E-state index in [9.17, 15) is 13.2 Å². The quantitative estimate of drug-likeness (QED) is 0.783. The maximum absolute atomic E-state index is 12.0. The van der Waals surface area contributed by atoms with Crippen molar-refractivity contribution in [2.45, 2.75) is 24.8 Å². The lowest BCUT2D eigenvalue weighted by atomic mass is 10.3. The molecule has 0 aliphatic heterocycles. The Morgan fingerprint density at radius 1 is 1.26 bits per heavy atom. The van der Waals surface area contributed by atoms with Crippen molar-refractivity contribution < 1.29 is 13.2 Å². The van der Waals surface area contributed by atoms with Gasteiger partial charge in [-0.2, -0.15) is 0 Å². The molecule has 0 bridgehead atoms. The zero-order chi connectivity index (χ0) is 16.9. The third-order valence-electron chi connectivity index (χ3n) is 2.68. The molecule has 0 saturated carbocycles. The first-order chi connectivity index (χ1) is 10.9. The number of hydrogen-bond donors (Lipinski definition) is 2. The van der Waals surface area contributed by atoms with E-state index in [1.807, 2.05) is 5.38 Å². The number of nitrogens with one attached hydrogen (secondary N) is 2. The standard InChI is InChI=1S/C15H17N3O3S2/c1-11(2)18-23(20,21)14-6-3-12(4-7-14)17-15(19)8-5-13-9-22-10-16-13/h3-11,18H,1-2H3,(H,17,19)/b8-5+. The summed E-state index contributed by atoms with van der Waals surface area (Å²) >= 11 is 1.45. The average molecular weight is 351 g/mol. The van der Waals surface area contributed by atoms with Crippen LogP contribution in [0.5, 0.6) is 0 Å². The van der Waals surface area contributed by atoms with E-state index in [1.165, 1.54) is 29.5 Å². The van der Waals surface area contributed by atoms with Crippen molar-refractivity contribution in [3.63, 3.8) is 0 Å². The molecule has 23 heavy (non-hydrogen) atoms. The van der Waals surface area contributed by atoms with Gasteiger partial charge in [-0.15, -0.1) is 11.3 Å². The molecular formula is C15H17N3O3S2. The predicted octanol–water partition coefficient (Wildman–Crippen LogP) is 2.48. The Labute approximate surface area is 139 Å². The van der Waals surface area contributed by atoms with Gasteiger partial charge in [-0.3, -0.25) is 4.79 Å². The average Bonchev–Trinajstić information content (AvgIpc) is 2.97. The van der Waals surface area contributed by atoms with Crippen molar-refractivity contribution in [3.8, 4) is 0 Å². The summed E-state index contributed by atoms with van der Waals surface area (Å²) in [7, 11) is -3.53. The van der Waals surface area contributed by atoms with E-state index in [0.717, 1.165) is 0 Å². The van der Waals surface area contributed by atoms with E-state index < -0.39 is 10.0 Å². The van der Waals surface area contributed by atoms with Crippen molar-refractivity contribution in [2.24, 2.45) is 0 Å². The highest BCUT2D eigenvalue weighted by atomic mass is 32.2. The van der Waals surface area contributed by atoms with Crippen LogP contribution in [-0.2, 0) is 14.8 Å². The number of sulfonamides is 1. The van der Waals surface area contributed by atoms with Gasteiger partial charge in [-0.05, 0) is 44.2 Å². The van der Waals surface area contributed by atoms with Crippen LogP contribution in [0.3, 0.4) is 0 Å². The van der Waals surface area contributed by atoms with Crippen LogP contribution in [0.25, 0.3) is 6.08 Å². The zero-order valence-electron chi connectivity index (χ0n) is 12.7. The molecule has 0 saturated heterocycles. The minimum absolute atomic E-state index is 0.155. The van der Waals surface area contributed by atoms with Gasteiger partial charge in [-0.25, -0.2) is 18.1 Å². The fourth-order valence-corrected chi connectivity index (χ4v) is 3.52. The van der Waals surface area contributed by atoms with Crippen LogP contribution in [0, 0.1) is 0 Å². The van der Waals surface area contributed by atoms with Crippen LogP contribution in [0.4, 0.5) is 5.69 Å². The highest BCUT2D eigenvalue weighted by Gasteiger charge is 2.14. The van der Waals surface area contributed by atoms with Gasteiger partial charge in [0.2, 0.25) is 15.9 Å². The fourth-order valence-electron chi connectivity index (χ4n) is 1.74. The summed E-state index contributed by atoms with van der Waals surface area (Å²) < 4.78 is 26.5. The number of carbonyl (C=O) groups is 1. The number of benzene rings is 1. The molecule has 1 heterocycles. The Morgan fingerprint density at radius 3 is 2.52 bits per heavy atom. The minimum atomic E-state index is -3.53. The van der Waals surface area contributed by atoms with E-state index in [0.29, 0.717) is 11.4 Å². The molecule has 0 aliphatic rings. The first-order valence-corrected chi connectivity index (χ1v) is 9.29. The summed E-state index contributed by atoms with van der Waals surface area (Å²) in [6, 6.07) is 5.80. The number of anilines is 1. The molecule has 8 heteroatoms. The third kappa shape index (κ3) is 5.27. The number of carbonyl (C=O) groups excluding carboxylic acids is 1. The molecule has 1 amide bonds. The second kappa shape index (κ2) is 7.49. The number of aromatic nitrogens is 1. The lowest BCUT2D eigenvalue weighted by molar-refractivity contribution is -0.111. The zero-order valence-corrected chi connectivity index (χ0v) is 14.3. The van der Waals surface area contributed by atoms with E-state index in [2.05, 4.69) is 15.0 Å². The van der Waals surface area contributed by atoms with E-state index >= 15 is 0 Å². The van der Waals surface area contributed by atoms with Crippen molar-refractivity contribution >= 4 is 39.0 Å². The van der Waals surface area contributed by atoms with Crippen LogP contribution in [0.2, 0.25) is 0 Å². The number of hydrogen-bond acceptors (Lipinski definition) is 5. The largest absolute Gasteiger partial charge is 0.323 e. The summed E-state index contributed by atoms with van der Waals surface area (Å²) in [4.78, 5) is 16.0. The molecule has 0 atom stereocenters. The van der Waals surface area contributed by atoms with Crippen molar-refractivity contribution in [2.75, 3.05) is 5.32 Å². The summed E-state index contributed by atoms with van der Waals surface area (Å²) in [5, 5.41) is 4.48. The summed E-state index contributed by atoms with van der Waals surface area (Å²) in [6.45, 7) is 3.50. The Morgan fingerprint density at radius 2 is 1.96 bits per heavy atom. The maximum Gasteiger partial charge on any atom is 0.248 e. The van der Waals surface area contributed by atoms with Crippen LogP contribution in [0.15, 0.2) is 46.1 Å². The van der Waals surface area contributed by atoms with Crippen LogP contribution in [0.1, 0.15) is 19.5 Å². The highest BCUT2D eigenvalue weighted by Crippen LogP contribution is 2.14. The lowest BCUT2D eigenvalue weighted by Crippen LogP contribution is -2.30. The van der Waals surface area contributed by atoms with E-state index in [4.69, 9.17) is 0 Å². The Balaban J connectivity index is 2.01.